The molecule has 0 radical (unpaired) electrons. The summed E-state index contributed by atoms with van der Waals surface area (Å²) in [5, 5.41) is 31.4. The molecule has 0 amide bonds. The lowest BCUT2D eigenvalue weighted by atomic mass is 9.98. The minimum atomic E-state index is -1.92. The van der Waals surface area contributed by atoms with Crippen LogP contribution in [-0.2, 0) is 42.9 Å². The number of hydrogen-bond donors (Lipinski definition) is 3. The summed E-state index contributed by atoms with van der Waals surface area (Å²) < 4.78 is 28.3. The van der Waals surface area contributed by atoms with E-state index in [-0.39, 0.29) is 25.9 Å². The van der Waals surface area contributed by atoms with Gasteiger partial charge in [0, 0.05) is 19.3 Å². The summed E-state index contributed by atoms with van der Waals surface area (Å²) in [5.74, 6) is -3.25. The lowest BCUT2D eigenvalue weighted by Crippen LogP contribution is -2.61. The van der Waals surface area contributed by atoms with Crippen LogP contribution in [0.5, 0.6) is 0 Å². The number of esters is 3. The molecular formula is C63H98O12. The van der Waals surface area contributed by atoms with Crippen molar-refractivity contribution in [2.75, 3.05) is 13.2 Å². The first-order valence-corrected chi connectivity index (χ1v) is 28.5. The number of aliphatic carboxylic acids is 1. The minimum absolute atomic E-state index is 0.0349. The average molecular weight is 1050 g/mol. The van der Waals surface area contributed by atoms with Crippen molar-refractivity contribution < 1.29 is 58.2 Å². The fourth-order valence-corrected chi connectivity index (χ4v) is 7.66. The molecule has 0 spiro atoms. The fraction of sp³-hybridized carbons (Fsp3) is 0.619. The highest BCUT2D eigenvalue weighted by Crippen LogP contribution is 2.26. The van der Waals surface area contributed by atoms with Crippen molar-refractivity contribution in [3.63, 3.8) is 0 Å². The molecule has 0 saturated carbocycles. The van der Waals surface area contributed by atoms with Crippen molar-refractivity contribution in [3.05, 3.63) is 122 Å². The van der Waals surface area contributed by atoms with Crippen LogP contribution < -0.4 is 0 Å². The number of aliphatic hydroxyl groups is 2. The normalized spacial score (nSPS) is 19.1. The van der Waals surface area contributed by atoms with Gasteiger partial charge < -0.3 is 39.0 Å². The van der Waals surface area contributed by atoms with E-state index in [9.17, 15) is 34.5 Å². The predicted molar refractivity (Wildman–Crippen MR) is 303 cm³/mol. The van der Waals surface area contributed by atoms with Crippen molar-refractivity contribution in [1.29, 1.82) is 0 Å². The van der Waals surface area contributed by atoms with E-state index in [2.05, 4.69) is 142 Å². The van der Waals surface area contributed by atoms with Crippen molar-refractivity contribution in [1.82, 2.24) is 0 Å². The topological polar surface area (TPSA) is 175 Å². The summed E-state index contributed by atoms with van der Waals surface area (Å²) in [6.45, 7) is 5.63. The monoisotopic (exact) mass is 1050 g/mol. The smallest absolute Gasteiger partial charge is 0.335 e. The van der Waals surface area contributed by atoms with Crippen LogP contribution in [0.1, 0.15) is 201 Å². The number of allylic oxidation sites excluding steroid dienone is 20. The molecule has 75 heavy (non-hydrogen) atoms. The molecule has 1 heterocycles. The molecule has 1 saturated heterocycles. The highest BCUT2D eigenvalue weighted by molar-refractivity contribution is 5.74. The average Bonchev–Trinajstić information content (AvgIpc) is 3.39. The van der Waals surface area contributed by atoms with Crippen LogP contribution in [0.15, 0.2) is 122 Å². The van der Waals surface area contributed by atoms with E-state index in [1.807, 2.05) is 0 Å². The summed E-state index contributed by atoms with van der Waals surface area (Å²) in [6, 6.07) is 0. The Morgan fingerprint density at radius 1 is 0.453 bits per heavy atom. The predicted octanol–water partition coefficient (Wildman–Crippen LogP) is 14.4. The third-order valence-electron chi connectivity index (χ3n) is 12.0. The summed E-state index contributed by atoms with van der Waals surface area (Å²) >= 11 is 0. The highest BCUT2D eigenvalue weighted by Gasteiger charge is 2.50. The molecule has 0 bridgehead atoms. The molecule has 3 N–H and O–H groups in total. The third kappa shape index (κ3) is 40.1. The van der Waals surface area contributed by atoms with Crippen molar-refractivity contribution in [2.45, 2.75) is 237 Å². The van der Waals surface area contributed by atoms with Crippen LogP contribution in [0.4, 0.5) is 0 Å². The molecular weight excluding hydrogens is 949 g/mol. The number of carbonyl (C=O) groups excluding carboxylic acids is 3. The van der Waals surface area contributed by atoms with Crippen LogP contribution in [0.3, 0.4) is 0 Å². The zero-order chi connectivity index (χ0) is 54.7. The zero-order valence-corrected chi connectivity index (χ0v) is 46.2. The molecule has 1 fully saturated rings. The molecule has 0 aromatic heterocycles. The summed E-state index contributed by atoms with van der Waals surface area (Å²) in [6.07, 6.45) is 56.1. The maximum absolute atomic E-state index is 13.1. The maximum Gasteiger partial charge on any atom is 0.335 e. The number of unbranched alkanes of at least 4 members (excludes halogenated alkanes) is 12. The SMILES string of the molecule is CC/C=C\C/C=C\C/C=C\C/C=C\C/C=C\CCCCCC(=O)OCC(COC1OC(C(=O)O)C(O)C(O)C1OC(=O)CCCCCCC/C=C\CCCC)OC(=O)CCCC/C=C\C/C=C\C/C=C\C/C=C\CC. The van der Waals surface area contributed by atoms with Gasteiger partial charge in [-0.2, -0.15) is 0 Å². The second kappa shape index (κ2) is 50.0. The first-order chi connectivity index (χ1) is 36.6. The van der Waals surface area contributed by atoms with Gasteiger partial charge in [-0.25, -0.2) is 4.79 Å². The molecule has 1 aliphatic heterocycles. The molecule has 12 nitrogen and oxygen atoms in total. The van der Waals surface area contributed by atoms with Crippen LogP contribution in [0.25, 0.3) is 0 Å². The molecule has 0 aromatic rings. The number of carbonyl (C=O) groups is 4. The molecule has 6 unspecified atom stereocenters. The first-order valence-electron chi connectivity index (χ1n) is 28.5. The fourth-order valence-electron chi connectivity index (χ4n) is 7.66. The largest absolute Gasteiger partial charge is 0.479 e. The molecule has 1 aliphatic rings. The molecule has 12 heteroatoms. The number of carboxylic acids is 1. The first kappa shape index (κ1) is 68.1. The molecule has 0 aliphatic carbocycles. The van der Waals surface area contributed by atoms with Crippen molar-refractivity contribution in [2.24, 2.45) is 0 Å². The third-order valence-corrected chi connectivity index (χ3v) is 12.0. The van der Waals surface area contributed by atoms with E-state index in [1.165, 1.54) is 12.8 Å². The molecule has 6 atom stereocenters. The Bertz CT molecular complexity index is 1770. The second-order valence-corrected chi connectivity index (χ2v) is 18.8. The number of ether oxygens (including phenoxy) is 5. The molecule has 422 valence electrons. The molecule has 0 aromatic carbocycles. The van der Waals surface area contributed by atoms with Crippen molar-refractivity contribution in [3.8, 4) is 0 Å². The summed E-state index contributed by atoms with van der Waals surface area (Å²) in [4.78, 5) is 51.0. The van der Waals surface area contributed by atoms with E-state index in [1.54, 1.807) is 0 Å². The standard InChI is InChI=1S/C63H98O12/c1-4-7-10-13-16-19-22-24-26-27-28-29-31-32-35-37-40-43-46-49-55(64)71-52-54(73-56(65)50-47-44-41-39-36-33-30-25-23-20-17-14-11-8-5-2)53-72-63-61(59(68)58(67)60(75-63)62(69)70)74-57(66)51-48-45-42-38-34-21-18-15-12-9-6-3/h7-8,10-11,15-20,24-26,28-30,32,35-36,39,54,58-61,63,67-68H,4-6,9,12-14,21-23,27,31,33-34,37-38,40-53H2,1-3H3,(H,69,70)/b10-7-,11-8-,18-15-,19-16-,20-17-,26-24-,29-28-,30-25-,35-32-,39-36-. The maximum atomic E-state index is 13.1. The Balaban J connectivity index is 2.76. The van der Waals surface area contributed by atoms with Gasteiger partial charge in [-0.15, -0.1) is 0 Å². The van der Waals surface area contributed by atoms with Gasteiger partial charge in [0.25, 0.3) is 0 Å². The number of hydrogen-bond acceptors (Lipinski definition) is 11. The van der Waals surface area contributed by atoms with Gasteiger partial charge in [-0.1, -0.05) is 181 Å². The van der Waals surface area contributed by atoms with Gasteiger partial charge in [-0.05, 0) is 122 Å². The van der Waals surface area contributed by atoms with Crippen LogP contribution in [0.2, 0.25) is 0 Å². The molecule has 1 rings (SSSR count). The zero-order valence-electron chi connectivity index (χ0n) is 46.2. The van der Waals surface area contributed by atoms with Crippen molar-refractivity contribution >= 4 is 23.9 Å². The summed E-state index contributed by atoms with van der Waals surface area (Å²) in [7, 11) is 0. The minimum Gasteiger partial charge on any atom is -0.479 e. The van der Waals surface area contributed by atoms with Gasteiger partial charge in [0.15, 0.2) is 24.6 Å². The van der Waals surface area contributed by atoms with E-state index in [0.717, 1.165) is 128 Å². The Kier molecular flexibility index (Phi) is 45.4. The van der Waals surface area contributed by atoms with E-state index >= 15 is 0 Å². The summed E-state index contributed by atoms with van der Waals surface area (Å²) in [5.41, 5.74) is 0. The Morgan fingerprint density at radius 3 is 1.33 bits per heavy atom. The quantitative estimate of drug-likeness (QED) is 0.0228. The Morgan fingerprint density at radius 2 is 0.840 bits per heavy atom. The Hall–Kier alpha value is -4.88. The van der Waals surface area contributed by atoms with E-state index in [0.29, 0.717) is 19.3 Å². The highest BCUT2D eigenvalue weighted by atomic mass is 16.7. The number of aliphatic hydroxyl groups excluding tert-OH is 2. The lowest BCUT2D eigenvalue weighted by molar-refractivity contribution is -0.301. The van der Waals surface area contributed by atoms with E-state index < -0.39 is 67.3 Å². The van der Waals surface area contributed by atoms with E-state index in [4.69, 9.17) is 23.7 Å². The van der Waals surface area contributed by atoms with Gasteiger partial charge >= 0.3 is 23.9 Å². The van der Waals surface area contributed by atoms with Crippen LogP contribution in [-0.4, -0.2) is 89.2 Å². The van der Waals surface area contributed by atoms with Gasteiger partial charge in [0.05, 0.1) is 6.61 Å². The van der Waals surface area contributed by atoms with Crippen LogP contribution in [0, 0.1) is 0 Å². The van der Waals surface area contributed by atoms with Gasteiger partial charge in [0.1, 0.15) is 18.8 Å². The number of rotatable bonds is 46. The van der Waals surface area contributed by atoms with Crippen LogP contribution >= 0.6 is 0 Å². The van der Waals surface area contributed by atoms with Gasteiger partial charge in [-0.3, -0.25) is 14.4 Å². The lowest BCUT2D eigenvalue weighted by Gasteiger charge is -2.40. The number of carboxylic acid groups (broad SMARTS) is 1. The second-order valence-electron chi connectivity index (χ2n) is 18.8. The Labute approximate surface area is 452 Å². The van der Waals surface area contributed by atoms with Gasteiger partial charge in [0.2, 0.25) is 0 Å².